The van der Waals surface area contributed by atoms with Crippen LogP contribution < -0.4 is 10.0 Å². The molecule has 0 bridgehead atoms. The molecule has 0 aliphatic heterocycles. The monoisotopic (exact) mass is 589 g/mol. The molecule has 0 radical (unpaired) electrons. The van der Waals surface area contributed by atoms with Crippen molar-refractivity contribution in [3.05, 3.63) is 40.0 Å². The summed E-state index contributed by atoms with van der Waals surface area (Å²) in [6.45, 7) is 10.7. The number of hydrogen-bond acceptors (Lipinski definition) is 3. The molecule has 220 valence electrons. The second-order valence-corrected chi connectivity index (χ2v) is 14.8. The van der Waals surface area contributed by atoms with Crippen LogP contribution in [0.5, 0.6) is 0 Å². The van der Waals surface area contributed by atoms with Crippen LogP contribution in [0.1, 0.15) is 93.8 Å². The molecule has 7 nitrogen and oxygen atoms in total. The predicted octanol–water partition coefficient (Wildman–Crippen LogP) is 6.37. The van der Waals surface area contributed by atoms with Crippen molar-refractivity contribution in [2.75, 3.05) is 0 Å². The molecule has 1 heterocycles. The van der Waals surface area contributed by atoms with Crippen molar-refractivity contribution in [2.24, 2.45) is 11.8 Å². The maximum Gasteiger partial charge on any atom is 0.306 e. The number of amides is 1. The van der Waals surface area contributed by atoms with Crippen LogP contribution in [0.25, 0.3) is 11.3 Å². The van der Waals surface area contributed by atoms with E-state index in [0.29, 0.717) is 39.8 Å². The largest absolute Gasteiger partial charge is 0.481 e. The lowest BCUT2D eigenvalue weighted by molar-refractivity contribution is -0.145. The number of carboxylic acid groups (broad SMARTS) is 1. The number of aliphatic carboxylic acids is 1. The third kappa shape index (κ3) is 6.44. The third-order valence-electron chi connectivity index (χ3n) is 8.89. The van der Waals surface area contributed by atoms with E-state index in [1.807, 2.05) is 52.8 Å². The van der Waals surface area contributed by atoms with Gasteiger partial charge in [-0.25, -0.2) is 8.93 Å². The van der Waals surface area contributed by atoms with Crippen LogP contribution in [0.3, 0.4) is 0 Å². The van der Waals surface area contributed by atoms with Gasteiger partial charge >= 0.3 is 5.97 Å². The molecule has 1 amide bonds. The Morgan fingerprint density at radius 3 is 2.42 bits per heavy atom. The van der Waals surface area contributed by atoms with Crippen LogP contribution in [0.2, 0.25) is 5.02 Å². The van der Waals surface area contributed by atoms with Gasteiger partial charge in [-0.15, -0.1) is 0 Å². The molecule has 9 heteroatoms. The van der Waals surface area contributed by atoms with Gasteiger partial charge in [0.1, 0.15) is 0 Å². The van der Waals surface area contributed by atoms with Crippen molar-refractivity contribution in [3.8, 4) is 11.3 Å². The Hall–Kier alpha value is -2.29. The van der Waals surface area contributed by atoms with Crippen molar-refractivity contribution < 1.29 is 18.9 Å². The van der Waals surface area contributed by atoms with Crippen LogP contribution >= 0.6 is 11.6 Å². The smallest absolute Gasteiger partial charge is 0.306 e. The van der Waals surface area contributed by atoms with E-state index < -0.39 is 15.7 Å². The Kier molecular flexibility index (Phi) is 9.13. The Morgan fingerprint density at radius 2 is 1.82 bits per heavy atom. The van der Waals surface area contributed by atoms with E-state index in [2.05, 4.69) is 20.5 Å². The number of hydrogen-bond donors (Lipinski definition) is 3. The van der Waals surface area contributed by atoms with Gasteiger partial charge in [0.25, 0.3) is 5.91 Å². The fourth-order valence-corrected chi connectivity index (χ4v) is 8.31. The number of carbonyl (C=O) groups is 2. The molecule has 2 aliphatic rings. The average Bonchev–Trinajstić information content (AvgIpc) is 3.18. The summed E-state index contributed by atoms with van der Waals surface area (Å²) in [7, 11) is -2.80. The highest BCUT2D eigenvalue weighted by atomic mass is 35.5. The van der Waals surface area contributed by atoms with Gasteiger partial charge in [0, 0.05) is 34.3 Å². The molecule has 1 atom stereocenters. The van der Waals surface area contributed by atoms with Crippen molar-refractivity contribution in [3.63, 3.8) is 0 Å². The van der Waals surface area contributed by atoms with E-state index in [0.717, 1.165) is 42.8 Å². The summed E-state index contributed by atoms with van der Waals surface area (Å²) >= 11 is 7.01. The summed E-state index contributed by atoms with van der Waals surface area (Å²) in [4.78, 5) is 25.2. The molecule has 1 aromatic carbocycles. The van der Waals surface area contributed by atoms with E-state index in [9.17, 15) is 18.9 Å². The average molecular weight is 590 g/mol. The molecule has 2 aromatic rings. The Bertz CT molecular complexity index is 1380. The molecule has 2 saturated carbocycles. The molecule has 40 heavy (non-hydrogen) atoms. The Balaban J connectivity index is 1.71. The fraction of sp³-hybridized carbons (Fsp3) is 0.581. The fourth-order valence-electron chi connectivity index (χ4n) is 5.96. The van der Waals surface area contributed by atoms with Gasteiger partial charge in [0.2, 0.25) is 0 Å². The number of nitrogens with zero attached hydrogens (tertiary/aromatic N) is 1. The first-order chi connectivity index (χ1) is 18.7. The second-order valence-electron chi connectivity index (χ2n) is 12.4. The molecule has 2 aliphatic carbocycles. The third-order valence-corrected chi connectivity index (χ3v) is 11.4. The minimum atomic E-state index is -2.80. The van der Waals surface area contributed by atoms with Gasteiger partial charge in [-0.2, -0.15) is 0 Å². The number of carboxylic acids is 1. The summed E-state index contributed by atoms with van der Waals surface area (Å²) in [5.41, 5.74) is 3.46. The first kappa shape index (κ1) is 30.7. The van der Waals surface area contributed by atoms with Crippen molar-refractivity contribution in [1.29, 1.82) is 0 Å². The molecular formula is C31H44ClN3O4S. The minimum Gasteiger partial charge on any atom is -0.481 e. The van der Waals surface area contributed by atoms with Gasteiger partial charge in [0.05, 0.1) is 31.9 Å². The van der Waals surface area contributed by atoms with Crippen molar-refractivity contribution >= 4 is 39.1 Å². The zero-order valence-corrected chi connectivity index (χ0v) is 26.0. The summed E-state index contributed by atoms with van der Waals surface area (Å²) in [5.74, 6) is 3.17. The van der Waals surface area contributed by atoms with Gasteiger partial charge in [-0.05, 0) is 89.3 Å². The topological polar surface area (TPSA) is 100 Å². The molecule has 1 unspecified atom stereocenters. The number of carbonyl (C=O) groups excluding carboxylic acids is 1. The Labute approximate surface area is 244 Å². The quantitative estimate of drug-likeness (QED) is 0.280. The minimum absolute atomic E-state index is 0.131. The first-order valence-electron chi connectivity index (χ1n) is 14.4. The van der Waals surface area contributed by atoms with Crippen LogP contribution in [0, 0.1) is 25.7 Å². The second kappa shape index (κ2) is 11.9. The predicted molar refractivity (Wildman–Crippen MR) is 164 cm³/mol. The van der Waals surface area contributed by atoms with Gasteiger partial charge in [-0.3, -0.25) is 9.59 Å². The molecule has 0 spiro atoms. The van der Waals surface area contributed by atoms with Crippen LogP contribution in [-0.2, 0) is 21.0 Å². The van der Waals surface area contributed by atoms with Crippen molar-refractivity contribution in [1.82, 2.24) is 14.6 Å². The zero-order valence-electron chi connectivity index (χ0n) is 24.4. The number of nitrogens with one attached hydrogen (secondary N) is 2. The molecule has 3 N–H and O–H groups in total. The van der Waals surface area contributed by atoms with E-state index in [1.165, 1.54) is 19.3 Å². The molecule has 0 saturated heterocycles. The molecule has 4 rings (SSSR count). The maximum absolute atomic E-state index is 13.7. The highest BCUT2D eigenvalue weighted by Crippen LogP contribution is 2.38. The van der Waals surface area contributed by atoms with Gasteiger partial charge < -0.3 is 15.0 Å². The van der Waals surface area contributed by atoms with Crippen LogP contribution in [-0.4, -0.2) is 43.2 Å². The molecule has 2 fully saturated rings. The lowest BCUT2D eigenvalue weighted by atomic mass is 9.80. The Morgan fingerprint density at radius 1 is 1.18 bits per heavy atom. The summed E-state index contributed by atoms with van der Waals surface area (Å²) in [6, 6.07) is 5.51. The number of rotatable bonds is 10. The number of halogens is 1. The van der Waals surface area contributed by atoms with Crippen molar-refractivity contribution in [2.45, 2.75) is 109 Å². The summed E-state index contributed by atoms with van der Waals surface area (Å²) < 4.78 is 19.1. The first-order valence-corrected chi connectivity index (χ1v) is 16.5. The highest BCUT2D eigenvalue weighted by molar-refractivity contribution is 7.98. The zero-order chi connectivity index (χ0) is 29.4. The standard InChI is InChI=1S/C31H44ClN3O4S/c1-7-31(4,5)34-40(6,39)27-14-13-24(28(32)19(27)2)26-17-25(29(36)33-23-15-22(16-23)30(37)38)20(3)35(26)18-21-11-9-8-10-12-21/h13-14,17,21-23H,6-12,15-16,18H2,1-5H3,(H,33,36)(H,34,39)(H,37,38). The summed E-state index contributed by atoms with van der Waals surface area (Å²) in [5, 5.41) is 12.7. The van der Waals surface area contributed by atoms with E-state index in [-0.39, 0.29) is 23.4 Å². The summed E-state index contributed by atoms with van der Waals surface area (Å²) in [6.07, 6.45) is 7.71. The lowest BCUT2D eigenvalue weighted by Crippen LogP contribution is -2.46. The van der Waals surface area contributed by atoms with Crippen LogP contribution in [0.4, 0.5) is 0 Å². The lowest BCUT2D eigenvalue weighted by Gasteiger charge is -2.32. The number of benzene rings is 1. The maximum atomic E-state index is 13.7. The SMILES string of the molecule is C=S(=O)(NC(C)(C)CC)c1ccc(-c2cc(C(=O)NC3CC(C(=O)O)C3)c(C)n2CC2CCCCC2)c(Cl)c1C. The highest BCUT2D eigenvalue weighted by Gasteiger charge is 2.36. The van der Waals surface area contributed by atoms with Crippen LogP contribution in [0.15, 0.2) is 23.1 Å². The molecular weight excluding hydrogens is 546 g/mol. The van der Waals surface area contributed by atoms with Gasteiger partial charge in [0.15, 0.2) is 0 Å². The normalized spacial score (nSPS) is 21.4. The number of aromatic nitrogens is 1. The van der Waals surface area contributed by atoms with E-state index in [1.54, 1.807) is 0 Å². The van der Waals surface area contributed by atoms with E-state index in [4.69, 9.17) is 11.6 Å². The van der Waals surface area contributed by atoms with E-state index >= 15 is 0 Å². The molecule has 1 aromatic heterocycles. The van der Waals surface area contributed by atoms with Gasteiger partial charge in [-0.1, -0.05) is 43.9 Å².